The van der Waals surface area contributed by atoms with Crippen molar-refractivity contribution in [3.8, 4) is 0 Å². The van der Waals surface area contributed by atoms with Crippen LogP contribution >= 0.6 is 0 Å². The highest BCUT2D eigenvalue weighted by molar-refractivity contribution is 5.85. The molecule has 0 fully saturated rings. The molecule has 32 heavy (non-hydrogen) atoms. The van der Waals surface area contributed by atoms with Crippen molar-refractivity contribution in [2.45, 2.75) is 25.6 Å². The third kappa shape index (κ3) is 3.33. The van der Waals surface area contributed by atoms with Gasteiger partial charge in [0, 0.05) is 26.7 Å². The lowest BCUT2D eigenvalue weighted by Crippen LogP contribution is -2.34. The topological polar surface area (TPSA) is 56.3 Å². The molecule has 1 atom stereocenters. The molecular formula is C26H26N6. The Balaban J connectivity index is 1.35. The summed E-state index contributed by atoms with van der Waals surface area (Å²) in [6.45, 7) is 2.56. The van der Waals surface area contributed by atoms with E-state index in [1.165, 1.54) is 27.5 Å². The molecule has 2 aliphatic rings. The average molecular weight is 423 g/mol. The zero-order chi connectivity index (χ0) is 21.5. The molecule has 0 bridgehead atoms. The van der Waals surface area contributed by atoms with Crippen molar-refractivity contribution in [2.24, 2.45) is 0 Å². The van der Waals surface area contributed by atoms with Gasteiger partial charge in [0.05, 0.1) is 11.6 Å². The number of fused-ring (bicyclic) bond motifs is 1. The van der Waals surface area contributed by atoms with Crippen LogP contribution in [-0.2, 0) is 13.1 Å². The molecule has 2 N–H and O–H groups in total. The largest absolute Gasteiger partial charge is 0.352 e. The van der Waals surface area contributed by atoms with E-state index >= 15 is 0 Å². The van der Waals surface area contributed by atoms with Gasteiger partial charge in [-0.15, -0.1) is 0 Å². The summed E-state index contributed by atoms with van der Waals surface area (Å²) >= 11 is 0. The first-order valence-corrected chi connectivity index (χ1v) is 11.2. The monoisotopic (exact) mass is 422 g/mol. The summed E-state index contributed by atoms with van der Waals surface area (Å²) in [7, 11) is 2.07. The number of hydrazine groups is 1. The van der Waals surface area contributed by atoms with Crippen LogP contribution in [0.25, 0.3) is 10.8 Å². The third-order valence-electron chi connectivity index (χ3n) is 6.46. The van der Waals surface area contributed by atoms with Gasteiger partial charge < -0.3 is 15.2 Å². The van der Waals surface area contributed by atoms with Crippen LogP contribution in [0.15, 0.2) is 72.8 Å². The molecule has 1 aromatic heterocycles. The second-order valence-electron chi connectivity index (χ2n) is 8.62. The quantitative estimate of drug-likeness (QED) is 0.488. The van der Waals surface area contributed by atoms with Gasteiger partial charge in [0.2, 0.25) is 5.95 Å². The predicted molar refractivity (Wildman–Crippen MR) is 130 cm³/mol. The van der Waals surface area contributed by atoms with E-state index < -0.39 is 0 Å². The second-order valence-corrected chi connectivity index (χ2v) is 8.62. The fraction of sp³-hybridized carbons (Fsp3) is 0.231. The van der Waals surface area contributed by atoms with Crippen molar-refractivity contribution in [1.29, 1.82) is 0 Å². The lowest BCUT2D eigenvalue weighted by Gasteiger charge is -2.33. The molecule has 2 aliphatic heterocycles. The molecule has 6 nitrogen and oxygen atoms in total. The van der Waals surface area contributed by atoms with Gasteiger partial charge >= 0.3 is 0 Å². The Morgan fingerprint density at radius 3 is 2.69 bits per heavy atom. The molecule has 6 heteroatoms. The van der Waals surface area contributed by atoms with Crippen LogP contribution in [0.4, 0.5) is 17.6 Å². The molecule has 160 valence electrons. The van der Waals surface area contributed by atoms with E-state index in [1.54, 1.807) is 0 Å². The average Bonchev–Trinajstić information content (AvgIpc) is 3.26. The van der Waals surface area contributed by atoms with Gasteiger partial charge in [-0.3, -0.25) is 0 Å². The normalized spacial score (nSPS) is 16.7. The van der Waals surface area contributed by atoms with Crippen molar-refractivity contribution in [3.05, 3.63) is 89.5 Å². The molecule has 0 spiro atoms. The Labute approximate surface area is 187 Å². The summed E-state index contributed by atoms with van der Waals surface area (Å²) in [5.41, 5.74) is 10.4. The number of nitrogens with one attached hydrogen (secondary N) is 2. The predicted octanol–water partition coefficient (Wildman–Crippen LogP) is 4.65. The third-order valence-corrected chi connectivity index (χ3v) is 6.46. The number of rotatable bonds is 5. The van der Waals surface area contributed by atoms with Crippen molar-refractivity contribution in [3.63, 3.8) is 0 Å². The molecular weight excluding hydrogens is 396 g/mol. The van der Waals surface area contributed by atoms with Crippen LogP contribution in [0.5, 0.6) is 0 Å². The minimum Gasteiger partial charge on any atom is -0.352 e. The fourth-order valence-electron chi connectivity index (χ4n) is 4.82. The number of aromatic nitrogens is 2. The van der Waals surface area contributed by atoms with Gasteiger partial charge in [0.25, 0.3) is 0 Å². The zero-order valence-electron chi connectivity index (χ0n) is 18.1. The first-order chi connectivity index (χ1) is 15.8. The number of anilines is 3. The Bertz CT molecular complexity index is 1270. The van der Waals surface area contributed by atoms with Crippen LogP contribution in [0.2, 0.25) is 0 Å². The van der Waals surface area contributed by atoms with Gasteiger partial charge in [0.15, 0.2) is 5.82 Å². The van der Waals surface area contributed by atoms with Crippen molar-refractivity contribution in [2.75, 3.05) is 28.8 Å². The number of benzene rings is 3. The number of hydrogen-bond acceptors (Lipinski definition) is 6. The summed E-state index contributed by atoms with van der Waals surface area (Å²) in [5.74, 6) is 2.67. The minimum absolute atomic E-state index is 0.268. The number of hydrogen-bond donors (Lipinski definition) is 2. The first kappa shape index (κ1) is 19.1. The van der Waals surface area contributed by atoms with Crippen molar-refractivity contribution >= 4 is 28.4 Å². The molecule has 4 aromatic rings. The van der Waals surface area contributed by atoms with Crippen LogP contribution in [0.3, 0.4) is 0 Å². The maximum Gasteiger partial charge on any atom is 0.229 e. The molecule has 0 saturated heterocycles. The summed E-state index contributed by atoms with van der Waals surface area (Å²) in [5, 5.41) is 2.53. The molecule has 6 rings (SSSR count). The molecule has 0 saturated carbocycles. The first-order valence-electron chi connectivity index (χ1n) is 11.2. The molecule has 0 amide bonds. The van der Waals surface area contributed by atoms with Gasteiger partial charge in [-0.2, -0.15) is 9.97 Å². The second kappa shape index (κ2) is 7.80. The van der Waals surface area contributed by atoms with E-state index in [1.807, 2.05) is 0 Å². The van der Waals surface area contributed by atoms with E-state index in [0.29, 0.717) is 0 Å². The smallest absolute Gasteiger partial charge is 0.229 e. The lowest BCUT2D eigenvalue weighted by molar-refractivity contribution is 0.533. The van der Waals surface area contributed by atoms with Crippen LogP contribution in [0.1, 0.15) is 29.2 Å². The molecule has 0 radical (unpaired) electrons. The minimum atomic E-state index is 0.268. The van der Waals surface area contributed by atoms with E-state index in [0.717, 1.165) is 43.6 Å². The molecule has 0 aliphatic carbocycles. The van der Waals surface area contributed by atoms with Crippen molar-refractivity contribution < 1.29 is 0 Å². The van der Waals surface area contributed by atoms with Gasteiger partial charge in [0.1, 0.15) is 5.82 Å². The molecule has 3 aromatic carbocycles. The standard InChI is InChI=1S/C26H26N6/c1-31(17-20-12-7-11-19-10-5-6-13-21(19)20)26-27-24-23-22(29-30-24)14-15-32(25(23)28-26)16-18-8-3-2-4-9-18/h2-13,22,29H,14-17H2,1H3,(H,27,28,30). The van der Waals surface area contributed by atoms with E-state index in [2.05, 4.69) is 100 Å². The zero-order valence-corrected chi connectivity index (χ0v) is 18.1. The van der Waals surface area contributed by atoms with Gasteiger partial charge in [-0.05, 0) is 28.3 Å². The maximum atomic E-state index is 5.08. The Kier molecular flexibility index (Phi) is 4.65. The van der Waals surface area contributed by atoms with Crippen molar-refractivity contribution in [1.82, 2.24) is 15.4 Å². The van der Waals surface area contributed by atoms with E-state index in [9.17, 15) is 0 Å². The summed E-state index contributed by atoms with van der Waals surface area (Å²) in [4.78, 5) is 14.5. The fourth-order valence-corrected chi connectivity index (χ4v) is 4.82. The Morgan fingerprint density at radius 1 is 0.969 bits per heavy atom. The Morgan fingerprint density at radius 2 is 1.78 bits per heavy atom. The highest BCUT2D eigenvalue weighted by Gasteiger charge is 2.35. The van der Waals surface area contributed by atoms with Crippen LogP contribution in [-0.4, -0.2) is 23.6 Å². The molecule has 1 unspecified atom stereocenters. The Hall–Kier alpha value is -3.64. The number of nitrogens with zero attached hydrogens (tertiary/aromatic N) is 4. The lowest BCUT2D eigenvalue weighted by atomic mass is 10.0. The van der Waals surface area contributed by atoms with Gasteiger partial charge in [-0.1, -0.05) is 72.8 Å². The van der Waals surface area contributed by atoms with Crippen LogP contribution in [0, 0.1) is 0 Å². The molecule has 3 heterocycles. The summed E-state index contributed by atoms with van der Waals surface area (Å²) in [6.07, 6.45) is 1.04. The van der Waals surface area contributed by atoms with Crippen LogP contribution < -0.4 is 20.7 Å². The SMILES string of the molecule is CN(Cc1cccc2ccccc12)c1nc2c3c(n1)N(Cc1ccccc1)CCC3NN2. The van der Waals surface area contributed by atoms with E-state index in [4.69, 9.17) is 9.97 Å². The van der Waals surface area contributed by atoms with E-state index in [-0.39, 0.29) is 6.04 Å². The summed E-state index contributed by atoms with van der Waals surface area (Å²) in [6, 6.07) is 25.9. The van der Waals surface area contributed by atoms with Gasteiger partial charge in [-0.25, -0.2) is 5.43 Å². The maximum absolute atomic E-state index is 5.08. The highest BCUT2D eigenvalue weighted by Crippen LogP contribution is 2.41. The summed E-state index contributed by atoms with van der Waals surface area (Å²) < 4.78 is 0. The highest BCUT2D eigenvalue weighted by atomic mass is 15.5.